The highest BCUT2D eigenvalue weighted by atomic mass is 35.5. The molecule has 0 aliphatic carbocycles. The summed E-state index contributed by atoms with van der Waals surface area (Å²) in [7, 11) is 3.25. The van der Waals surface area contributed by atoms with E-state index < -0.39 is 0 Å². The number of anilines is 1. The Morgan fingerprint density at radius 1 is 1.23 bits per heavy atom. The van der Waals surface area contributed by atoms with E-state index in [4.69, 9.17) is 21.1 Å². The van der Waals surface area contributed by atoms with Gasteiger partial charge in [-0.15, -0.1) is 0 Å². The van der Waals surface area contributed by atoms with Crippen LogP contribution in [0.1, 0.15) is 31.4 Å². The molecule has 1 unspecified atom stereocenters. The predicted octanol–water partition coefficient (Wildman–Crippen LogP) is 5.15. The molecule has 7 nitrogen and oxygen atoms in total. The van der Waals surface area contributed by atoms with Crippen molar-refractivity contribution in [2.45, 2.75) is 39.3 Å². The lowest BCUT2D eigenvalue weighted by atomic mass is 10.0. The number of ether oxygens (including phenoxy) is 2. The minimum atomic E-state index is -0.370. The largest absolute Gasteiger partial charge is 0.493 e. The molecular weight excluding hydrogens is 418 g/mol. The maximum Gasteiger partial charge on any atom is 0.294 e. The van der Waals surface area contributed by atoms with Crippen molar-refractivity contribution in [2.24, 2.45) is 5.92 Å². The van der Waals surface area contributed by atoms with Gasteiger partial charge in [-0.25, -0.2) is 0 Å². The first kappa shape index (κ1) is 23.2. The lowest BCUT2D eigenvalue weighted by molar-refractivity contribution is -0.384. The van der Waals surface area contributed by atoms with Gasteiger partial charge < -0.3 is 14.8 Å². The average Bonchev–Trinajstić information content (AvgIpc) is 2.90. The Kier molecular flexibility index (Phi) is 7.62. The number of hydrogen-bond donors (Lipinski definition) is 1. The van der Waals surface area contributed by atoms with Crippen LogP contribution in [0.25, 0.3) is 0 Å². The van der Waals surface area contributed by atoms with E-state index in [-0.39, 0.29) is 16.7 Å². The molecule has 0 saturated carbocycles. The summed E-state index contributed by atoms with van der Waals surface area (Å²) in [4.78, 5) is 13.6. The van der Waals surface area contributed by atoms with E-state index >= 15 is 0 Å². The summed E-state index contributed by atoms with van der Waals surface area (Å²) in [5.41, 5.74) is 2.58. The quantitative estimate of drug-likeness (QED) is 0.445. The van der Waals surface area contributed by atoms with Crippen molar-refractivity contribution in [3.8, 4) is 11.5 Å². The Balaban J connectivity index is 1.92. The molecular formula is C23H30ClN3O4. The fourth-order valence-corrected chi connectivity index (χ4v) is 4.22. The van der Waals surface area contributed by atoms with Crippen LogP contribution in [0.5, 0.6) is 11.5 Å². The Hall–Kier alpha value is -2.51. The molecule has 8 heteroatoms. The number of nitrogens with one attached hydrogen (secondary N) is 1. The highest BCUT2D eigenvalue weighted by Crippen LogP contribution is 2.36. The first-order chi connectivity index (χ1) is 14.8. The first-order valence-electron chi connectivity index (χ1n) is 10.5. The van der Waals surface area contributed by atoms with Gasteiger partial charge in [0.2, 0.25) is 0 Å². The van der Waals surface area contributed by atoms with Gasteiger partial charge in [0.05, 0.1) is 19.1 Å². The second-order valence-corrected chi connectivity index (χ2v) is 8.73. The minimum Gasteiger partial charge on any atom is -0.493 e. The molecule has 3 rings (SSSR count). The van der Waals surface area contributed by atoms with E-state index in [0.717, 1.165) is 30.5 Å². The van der Waals surface area contributed by atoms with Crippen LogP contribution in [0.15, 0.2) is 30.3 Å². The van der Waals surface area contributed by atoms with Crippen LogP contribution in [0.2, 0.25) is 5.02 Å². The van der Waals surface area contributed by atoms with E-state index in [1.807, 2.05) is 24.3 Å². The van der Waals surface area contributed by atoms with Crippen LogP contribution in [0, 0.1) is 16.0 Å². The third kappa shape index (κ3) is 5.60. The van der Waals surface area contributed by atoms with Crippen LogP contribution in [0.3, 0.4) is 0 Å². The summed E-state index contributed by atoms with van der Waals surface area (Å²) in [5, 5.41) is 15.3. The molecule has 0 saturated heterocycles. The molecule has 0 spiro atoms. The van der Waals surface area contributed by atoms with Gasteiger partial charge in [0.25, 0.3) is 5.69 Å². The Morgan fingerprint density at radius 3 is 2.61 bits per heavy atom. The fourth-order valence-electron chi connectivity index (χ4n) is 3.98. The van der Waals surface area contributed by atoms with E-state index in [2.05, 4.69) is 24.1 Å². The zero-order chi connectivity index (χ0) is 22.5. The zero-order valence-electron chi connectivity index (χ0n) is 18.5. The first-order valence-corrected chi connectivity index (χ1v) is 10.9. The minimum absolute atomic E-state index is 0.0260. The second-order valence-electron chi connectivity index (χ2n) is 8.30. The lowest BCUT2D eigenvalue weighted by Gasteiger charge is -2.30. The van der Waals surface area contributed by atoms with E-state index in [1.165, 1.54) is 6.07 Å². The Morgan fingerprint density at radius 2 is 1.97 bits per heavy atom. The monoisotopic (exact) mass is 447 g/mol. The highest BCUT2D eigenvalue weighted by molar-refractivity contribution is 6.31. The normalized spacial score (nSPS) is 16.4. The van der Waals surface area contributed by atoms with Crippen molar-refractivity contribution in [3.05, 3.63) is 56.6 Å². The van der Waals surface area contributed by atoms with Crippen LogP contribution < -0.4 is 14.8 Å². The van der Waals surface area contributed by atoms with Crippen LogP contribution >= 0.6 is 11.6 Å². The second kappa shape index (κ2) is 10.2. The number of benzene rings is 2. The lowest BCUT2D eigenvalue weighted by Crippen LogP contribution is -2.40. The van der Waals surface area contributed by atoms with Gasteiger partial charge in [-0.1, -0.05) is 31.5 Å². The van der Waals surface area contributed by atoms with Gasteiger partial charge in [0.15, 0.2) is 11.5 Å². The summed E-state index contributed by atoms with van der Waals surface area (Å²) in [6.45, 7) is 6.51. The number of hydrogen-bond acceptors (Lipinski definition) is 6. The molecule has 1 atom stereocenters. The van der Waals surface area contributed by atoms with E-state index in [0.29, 0.717) is 41.2 Å². The fraction of sp³-hybridized carbons (Fsp3) is 0.478. The SMILES string of the molecule is COc1ccc(CC2CNc3c(cc(Cl)cc3[N+](=O)[O-])CN2CCC(C)C)cc1OC. The van der Waals surface area contributed by atoms with Crippen molar-refractivity contribution in [2.75, 3.05) is 32.6 Å². The number of methoxy groups -OCH3 is 2. The van der Waals surface area contributed by atoms with Gasteiger partial charge in [0, 0.05) is 30.2 Å². The number of nitrogens with zero attached hydrogens (tertiary/aromatic N) is 2. The molecule has 168 valence electrons. The van der Waals surface area contributed by atoms with Crippen LogP contribution in [-0.4, -0.2) is 43.2 Å². The topological polar surface area (TPSA) is 76.9 Å². The van der Waals surface area contributed by atoms with Crippen molar-refractivity contribution < 1.29 is 14.4 Å². The van der Waals surface area contributed by atoms with Crippen LogP contribution in [-0.2, 0) is 13.0 Å². The van der Waals surface area contributed by atoms with E-state index in [1.54, 1.807) is 14.2 Å². The summed E-state index contributed by atoms with van der Waals surface area (Å²) < 4.78 is 10.8. The molecule has 1 heterocycles. The molecule has 0 amide bonds. The van der Waals surface area contributed by atoms with Gasteiger partial charge >= 0.3 is 0 Å². The molecule has 0 fully saturated rings. The number of fused-ring (bicyclic) bond motifs is 1. The van der Waals surface area contributed by atoms with Gasteiger partial charge in [-0.05, 0) is 54.6 Å². The van der Waals surface area contributed by atoms with Crippen LogP contribution in [0.4, 0.5) is 11.4 Å². The standard InChI is InChI=1S/C23H30ClN3O4/c1-15(2)7-8-26-14-17-11-18(24)12-20(27(28)29)23(17)25-13-19(26)9-16-5-6-21(30-3)22(10-16)31-4/h5-6,10-12,15,19,25H,7-9,13-14H2,1-4H3. The molecule has 1 aliphatic rings. The van der Waals surface area contributed by atoms with Gasteiger partial charge in [-0.2, -0.15) is 0 Å². The molecule has 0 bridgehead atoms. The molecule has 1 N–H and O–H groups in total. The number of halogens is 1. The molecule has 2 aromatic rings. The van der Waals surface area contributed by atoms with Crippen molar-refractivity contribution in [1.82, 2.24) is 4.90 Å². The van der Waals surface area contributed by atoms with Gasteiger partial charge in [0.1, 0.15) is 5.69 Å². The summed E-state index contributed by atoms with van der Waals surface area (Å²) in [6, 6.07) is 9.35. The zero-order valence-corrected chi connectivity index (χ0v) is 19.2. The van der Waals surface area contributed by atoms with Crippen molar-refractivity contribution in [1.29, 1.82) is 0 Å². The molecule has 1 aliphatic heterocycles. The Labute approximate surface area is 188 Å². The summed E-state index contributed by atoms with van der Waals surface area (Å²) in [6.07, 6.45) is 1.82. The van der Waals surface area contributed by atoms with Gasteiger partial charge in [-0.3, -0.25) is 15.0 Å². The number of nitro groups is 1. The molecule has 31 heavy (non-hydrogen) atoms. The highest BCUT2D eigenvalue weighted by Gasteiger charge is 2.29. The van der Waals surface area contributed by atoms with Crippen molar-refractivity contribution >= 4 is 23.0 Å². The maximum absolute atomic E-state index is 11.6. The smallest absolute Gasteiger partial charge is 0.294 e. The summed E-state index contributed by atoms with van der Waals surface area (Å²) >= 11 is 6.21. The molecule has 2 aromatic carbocycles. The number of nitro benzene ring substituents is 1. The molecule has 0 radical (unpaired) electrons. The molecule has 0 aromatic heterocycles. The third-order valence-corrected chi connectivity index (χ3v) is 5.90. The number of rotatable bonds is 8. The summed E-state index contributed by atoms with van der Waals surface area (Å²) in [5.74, 6) is 1.95. The maximum atomic E-state index is 11.6. The Bertz CT molecular complexity index is 935. The average molecular weight is 448 g/mol. The third-order valence-electron chi connectivity index (χ3n) is 5.68. The van der Waals surface area contributed by atoms with Crippen molar-refractivity contribution in [3.63, 3.8) is 0 Å². The van der Waals surface area contributed by atoms with E-state index in [9.17, 15) is 10.1 Å². The predicted molar refractivity (Wildman–Crippen MR) is 123 cm³/mol.